The Kier molecular flexibility index (Phi) is 5.35. The van der Waals surface area contributed by atoms with Crippen LogP contribution in [0.2, 0.25) is 5.02 Å². The highest BCUT2D eigenvalue weighted by Gasteiger charge is 2.14. The highest BCUT2D eigenvalue weighted by molar-refractivity contribution is 7.89. The van der Waals surface area contributed by atoms with Crippen molar-refractivity contribution in [3.8, 4) is 0 Å². The first-order chi connectivity index (χ1) is 10.0. The second-order valence-corrected chi connectivity index (χ2v) is 6.64. The lowest BCUT2D eigenvalue weighted by atomic mass is 10.2. The van der Waals surface area contributed by atoms with Crippen LogP contribution in [0.25, 0.3) is 0 Å². The van der Waals surface area contributed by atoms with Crippen LogP contribution in [0.3, 0.4) is 0 Å². The Hall–Kier alpha value is -1.41. The van der Waals surface area contributed by atoms with Crippen LogP contribution in [0.15, 0.2) is 41.8 Å². The average Bonchev–Trinajstić information content (AvgIpc) is 2.97. The van der Waals surface area contributed by atoms with Crippen LogP contribution in [0.5, 0.6) is 0 Å². The molecule has 1 aromatic heterocycles. The lowest BCUT2D eigenvalue weighted by Crippen LogP contribution is -2.25. The average molecular weight is 330 g/mol. The summed E-state index contributed by atoms with van der Waals surface area (Å²) in [6.45, 7) is 0.700. The first-order valence-electron chi connectivity index (χ1n) is 6.37. The first-order valence-corrected chi connectivity index (χ1v) is 8.24. The minimum Gasteiger partial charge on any atom is -0.392 e. The molecule has 8 heteroatoms. The molecule has 21 heavy (non-hydrogen) atoms. The number of hydrogen-bond donors (Lipinski definition) is 2. The van der Waals surface area contributed by atoms with Crippen molar-refractivity contribution < 1.29 is 13.5 Å². The van der Waals surface area contributed by atoms with E-state index in [9.17, 15) is 8.42 Å². The molecule has 0 amide bonds. The summed E-state index contributed by atoms with van der Waals surface area (Å²) in [6, 6.07) is 4.26. The van der Waals surface area contributed by atoms with E-state index in [1.54, 1.807) is 12.5 Å². The molecule has 0 bridgehead atoms. The molecule has 114 valence electrons. The van der Waals surface area contributed by atoms with Crippen LogP contribution in [-0.4, -0.2) is 29.6 Å². The summed E-state index contributed by atoms with van der Waals surface area (Å²) in [4.78, 5) is 4.01. The third-order valence-corrected chi connectivity index (χ3v) is 4.77. The van der Waals surface area contributed by atoms with Gasteiger partial charge in [-0.25, -0.2) is 18.1 Å². The maximum absolute atomic E-state index is 12.1. The van der Waals surface area contributed by atoms with Gasteiger partial charge in [0.1, 0.15) is 0 Å². The van der Waals surface area contributed by atoms with Gasteiger partial charge in [-0.2, -0.15) is 0 Å². The van der Waals surface area contributed by atoms with E-state index >= 15 is 0 Å². The van der Waals surface area contributed by atoms with Gasteiger partial charge in [0.2, 0.25) is 10.0 Å². The highest BCUT2D eigenvalue weighted by atomic mass is 35.5. The summed E-state index contributed by atoms with van der Waals surface area (Å²) in [5.74, 6) is 0. The number of sulfonamides is 1. The lowest BCUT2D eigenvalue weighted by Gasteiger charge is -2.09. The maximum Gasteiger partial charge on any atom is 0.240 e. The Labute approximate surface area is 128 Å². The predicted octanol–water partition coefficient (Wildman–Crippen LogP) is 1.40. The van der Waals surface area contributed by atoms with Crippen molar-refractivity contribution in [2.45, 2.75) is 24.5 Å². The molecule has 2 aromatic rings. The van der Waals surface area contributed by atoms with Crippen molar-refractivity contribution >= 4 is 21.6 Å². The van der Waals surface area contributed by atoms with Crippen molar-refractivity contribution in [1.82, 2.24) is 14.3 Å². The van der Waals surface area contributed by atoms with Gasteiger partial charge in [-0.3, -0.25) is 0 Å². The summed E-state index contributed by atoms with van der Waals surface area (Å²) in [6.07, 6.45) is 5.83. The predicted molar refractivity (Wildman–Crippen MR) is 79.4 cm³/mol. The molecular weight excluding hydrogens is 314 g/mol. The van der Waals surface area contributed by atoms with Gasteiger partial charge in [0.25, 0.3) is 0 Å². The second-order valence-electron chi connectivity index (χ2n) is 4.46. The Morgan fingerprint density at radius 2 is 2.19 bits per heavy atom. The monoisotopic (exact) mass is 329 g/mol. The molecule has 0 saturated heterocycles. The molecule has 2 N–H and O–H groups in total. The Bertz CT molecular complexity index is 687. The molecule has 2 rings (SSSR count). The number of imidazole rings is 1. The fourth-order valence-electron chi connectivity index (χ4n) is 1.81. The van der Waals surface area contributed by atoms with Crippen LogP contribution in [0.1, 0.15) is 12.0 Å². The summed E-state index contributed by atoms with van der Waals surface area (Å²) in [7, 11) is -3.60. The number of hydrogen-bond acceptors (Lipinski definition) is 4. The van der Waals surface area contributed by atoms with Gasteiger partial charge in [-0.15, -0.1) is 0 Å². The van der Waals surface area contributed by atoms with E-state index in [4.69, 9.17) is 16.7 Å². The second kappa shape index (κ2) is 7.04. The van der Waals surface area contributed by atoms with Crippen molar-refractivity contribution in [3.05, 3.63) is 47.5 Å². The number of nitrogens with one attached hydrogen (secondary N) is 1. The molecule has 0 atom stereocenters. The van der Waals surface area contributed by atoms with E-state index in [-0.39, 0.29) is 11.5 Å². The molecule has 6 nitrogen and oxygen atoms in total. The quantitative estimate of drug-likeness (QED) is 0.752. The van der Waals surface area contributed by atoms with Crippen molar-refractivity contribution in [3.63, 3.8) is 0 Å². The topological polar surface area (TPSA) is 84.2 Å². The van der Waals surface area contributed by atoms with Gasteiger partial charge in [0, 0.05) is 30.5 Å². The minimum atomic E-state index is -3.60. The van der Waals surface area contributed by atoms with Crippen molar-refractivity contribution in [2.24, 2.45) is 0 Å². The third-order valence-electron chi connectivity index (χ3n) is 2.94. The molecular formula is C13H16ClN3O3S. The summed E-state index contributed by atoms with van der Waals surface area (Å²) < 4.78 is 28.6. The number of nitrogens with zero attached hydrogens (tertiary/aromatic N) is 2. The van der Waals surface area contributed by atoms with Gasteiger partial charge in [-0.05, 0) is 30.2 Å². The number of aliphatic hydroxyl groups is 1. The highest BCUT2D eigenvalue weighted by Crippen LogP contribution is 2.20. The molecule has 0 aliphatic heterocycles. The van der Waals surface area contributed by atoms with Crippen LogP contribution in [0.4, 0.5) is 0 Å². The van der Waals surface area contributed by atoms with Crippen LogP contribution < -0.4 is 4.72 Å². The standard InChI is InChI=1S/C13H16ClN3O3S/c14-13-3-2-12(8-11(13)9-18)21(19,20)16-4-1-6-17-7-5-15-10-17/h2-3,5,7-8,10,16,18H,1,4,6,9H2. The molecule has 0 radical (unpaired) electrons. The van der Waals surface area contributed by atoms with Gasteiger partial charge in [0.15, 0.2) is 0 Å². The Balaban J connectivity index is 1.95. The normalized spacial score (nSPS) is 11.7. The number of benzene rings is 1. The lowest BCUT2D eigenvalue weighted by molar-refractivity contribution is 0.281. The van der Waals surface area contributed by atoms with Crippen LogP contribution in [-0.2, 0) is 23.2 Å². The first kappa shape index (κ1) is 16.0. The van der Waals surface area contributed by atoms with Gasteiger partial charge in [-0.1, -0.05) is 11.6 Å². The molecule has 0 unspecified atom stereocenters. The number of aromatic nitrogens is 2. The van der Waals surface area contributed by atoms with Gasteiger partial charge < -0.3 is 9.67 Å². The van der Waals surface area contributed by atoms with E-state index < -0.39 is 10.0 Å². The molecule has 0 spiro atoms. The number of halogens is 1. The third kappa shape index (κ3) is 4.28. The van der Waals surface area contributed by atoms with Crippen molar-refractivity contribution in [2.75, 3.05) is 6.54 Å². The summed E-state index contributed by atoms with van der Waals surface area (Å²) in [5.41, 5.74) is 0.387. The smallest absolute Gasteiger partial charge is 0.240 e. The molecule has 0 aliphatic rings. The van der Waals surface area contributed by atoms with E-state index in [1.807, 2.05) is 10.8 Å². The zero-order valence-corrected chi connectivity index (χ0v) is 12.8. The van der Waals surface area contributed by atoms with E-state index in [1.165, 1.54) is 18.2 Å². The van der Waals surface area contributed by atoms with Crippen LogP contribution >= 0.6 is 11.6 Å². The number of rotatable bonds is 7. The van der Waals surface area contributed by atoms with Gasteiger partial charge >= 0.3 is 0 Å². The molecule has 0 aliphatic carbocycles. The largest absolute Gasteiger partial charge is 0.392 e. The van der Waals surface area contributed by atoms with E-state index in [0.717, 1.165) is 0 Å². The Morgan fingerprint density at radius 1 is 1.38 bits per heavy atom. The Morgan fingerprint density at radius 3 is 2.86 bits per heavy atom. The zero-order chi connectivity index (χ0) is 15.3. The zero-order valence-electron chi connectivity index (χ0n) is 11.2. The molecule has 1 aromatic carbocycles. The maximum atomic E-state index is 12.1. The number of aryl methyl sites for hydroxylation is 1. The molecule has 1 heterocycles. The van der Waals surface area contributed by atoms with Gasteiger partial charge in [0.05, 0.1) is 17.8 Å². The van der Waals surface area contributed by atoms with E-state index in [2.05, 4.69) is 9.71 Å². The van der Waals surface area contributed by atoms with Crippen molar-refractivity contribution in [1.29, 1.82) is 0 Å². The fraction of sp³-hybridized carbons (Fsp3) is 0.308. The summed E-state index contributed by atoms with van der Waals surface area (Å²) >= 11 is 5.85. The number of aliphatic hydroxyl groups excluding tert-OH is 1. The van der Waals surface area contributed by atoms with E-state index in [0.29, 0.717) is 30.1 Å². The SMILES string of the molecule is O=S(=O)(NCCCn1ccnc1)c1ccc(Cl)c(CO)c1. The molecule has 0 saturated carbocycles. The summed E-state index contributed by atoms with van der Waals surface area (Å²) in [5, 5.41) is 9.46. The molecule has 0 fully saturated rings. The van der Waals surface area contributed by atoms with Crippen LogP contribution in [0, 0.1) is 0 Å². The minimum absolute atomic E-state index is 0.0959. The fourth-order valence-corrected chi connectivity index (χ4v) is 3.11.